The van der Waals surface area contributed by atoms with Gasteiger partial charge >= 0.3 is 6.18 Å². The monoisotopic (exact) mass is 269 g/mol. The molecule has 1 aromatic heterocycles. The molecular formula is C12H10F3N3O. The Bertz CT molecular complexity index is 608. The number of hydrogen-bond donors (Lipinski definition) is 2. The molecule has 0 radical (unpaired) electrons. The average Bonchev–Trinajstić information content (AvgIpc) is 2.36. The van der Waals surface area contributed by atoms with Gasteiger partial charge in [0.05, 0.1) is 0 Å². The minimum atomic E-state index is -4.64. The van der Waals surface area contributed by atoms with Gasteiger partial charge in [-0.1, -0.05) is 30.3 Å². The molecule has 0 atom stereocenters. The lowest BCUT2D eigenvalue weighted by atomic mass is 10.2. The summed E-state index contributed by atoms with van der Waals surface area (Å²) < 4.78 is 37.4. The van der Waals surface area contributed by atoms with Crippen LogP contribution in [-0.4, -0.2) is 9.97 Å². The fourth-order valence-corrected chi connectivity index (χ4v) is 1.47. The predicted molar refractivity (Wildman–Crippen MR) is 63.6 cm³/mol. The van der Waals surface area contributed by atoms with E-state index in [1.54, 1.807) is 24.3 Å². The summed E-state index contributed by atoms with van der Waals surface area (Å²) in [6, 6.07) is 9.47. The average molecular weight is 269 g/mol. The van der Waals surface area contributed by atoms with Crippen molar-refractivity contribution in [3.05, 3.63) is 58.0 Å². The molecule has 7 heteroatoms. The molecule has 0 fully saturated rings. The first-order chi connectivity index (χ1) is 8.95. The molecule has 0 saturated heterocycles. The molecule has 1 heterocycles. The number of rotatable bonds is 3. The number of nitrogens with zero attached hydrogens (tertiary/aromatic N) is 1. The zero-order chi connectivity index (χ0) is 13.9. The third-order valence-corrected chi connectivity index (χ3v) is 2.33. The number of alkyl halides is 3. The van der Waals surface area contributed by atoms with E-state index >= 15 is 0 Å². The number of nitrogens with one attached hydrogen (secondary N) is 2. The second-order valence-electron chi connectivity index (χ2n) is 3.82. The highest BCUT2D eigenvalue weighted by Crippen LogP contribution is 2.26. The molecule has 100 valence electrons. The van der Waals surface area contributed by atoms with Gasteiger partial charge in [-0.2, -0.15) is 13.2 Å². The number of H-pyrrole nitrogens is 1. The Kier molecular flexibility index (Phi) is 3.55. The van der Waals surface area contributed by atoms with Crippen molar-refractivity contribution in [1.29, 1.82) is 0 Å². The van der Waals surface area contributed by atoms with Crippen LogP contribution in [-0.2, 0) is 12.7 Å². The van der Waals surface area contributed by atoms with Crippen LogP contribution < -0.4 is 10.9 Å². The summed E-state index contributed by atoms with van der Waals surface area (Å²) in [7, 11) is 0. The van der Waals surface area contributed by atoms with Crippen LogP contribution in [0.1, 0.15) is 11.3 Å². The molecule has 1 aromatic carbocycles. The van der Waals surface area contributed by atoms with Crippen LogP contribution in [0.15, 0.2) is 41.2 Å². The van der Waals surface area contributed by atoms with Crippen LogP contribution in [0.3, 0.4) is 0 Å². The molecule has 2 rings (SSSR count). The molecular weight excluding hydrogens is 259 g/mol. The third-order valence-electron chi connectivity index (χ3n) is 2.33. The van der Waals surface area contributed by atoms with Crippen LogP contribution in [0.5, 0.6) is 0 Å². The molecule has 2 aromatic rings. The van der Waals surface area contributed by atoms with Crippen molar-refractivity contribution in [3.8, 4) is 0 Å². The van der Waals surface area contributed by atoms with Gasteiger partial charge in [-0.05, 0) is 5.56 Å². The van der Waals surface area contributed by atoms with Crippen molar-refractivity contribution < 1.29 is 13.2 Å². The molecule has 0 aliphatic rings. The normalized spacial score (nSPS) is 11.3. The first-order valence-electron chi connectivity index (χ1n) is 5.41. The maximum absolute atomic E-state index is 12.5. The molecule has 0 aliphatic heterocycles. The van der Waals surface area contributed by atoms with E-state index in [0.29, 0.717) is 6.07 Å². The zero-order valence-electron chi connectivity index (χ0n) is 9.66. The van der Waals surface area contributed by atoms with E-state index in [-0.39, 0.29) is 12.5 Å². The van der Waals surface area contributed by atoms with Gasteiger partial charge in [-0.25, -0.2) is 4.98 Å². The SMILES string of the molecule is O=c1cc(C(F)(F)F)nc(NCc2ccccc2)[nH]1. The first kappa shape index (κ1) is 13.1. The Hall–Kier alpha value is -2.31. The summed E-state index contributed by atoms with van der Waals surface area (Å²) in [5.74, 6) is -0.205. The highest BCUT2D eigenvalue weighted by molar-refractivity contribution is 5.28. The number of aromatic amines is 1. The topological polar surface area (TPSA) is 57.8 Å². The molecule has 2 N–H and O–H groups in total. The zero-order valence-corrected chi connectivity index (χ0v) is 9.66. The first-order valence-corrected chi connectivity index (χ1v) is 5.41. The number of hydrogen-bond acceptors (Lipinski definition) is 3. The number of benzene rings is 1. The molecule has 0 saturated carbocycles. The lowest BCUT2D eigenvalue weighted by Crippen LogP contribution is -2.18. The van der Waals surface area contributed by atoms with Crippen LogP contribution >= 0.6 is 0 Å². The number of aromatic nitrogens is 2. The molecule has 0 amide bonds. The standard InChI is InChI=1S/C12H10F3N3O/c13-12(14,15)9-6-10(19)18-11(17-9)16-7-8-4-2-1-3-5-8/h1-6H,7H2,(H2,16,17,18,19). The summed E-state index contributed by atoms with van der Waals surface area (Å²) in [6.07, 6.45) is -4.64. The second kappa shape index (κ2) is 5.13. The molecule has 0 aliphatic carbocycles. The fourth-order valence-electron chi connectivity index (χ4n) is 1.47. The highest BCUT2D eigenvalue weighted by Gasteiger charge is 2.33. The molecule has 0 bridgehead atoms. The summed E-state index contributed by atoms with van der Waals surface area (Å²) in [4.78, 5) is 16.7. The summed E-state index contributed by atoms with van der Waals surface area (Å²) in [5, 5.41) is 2.65. The van der Waals surface area contributed by atoms with Gasteiger partial charge in [0.15, 0.2) is 5.69 Å². The van der Waals surface area contributed by atoms with E-state index in [2.05, 4.69) is 15.3 Å². The number of anilines is 1. The van der Waals surface area contributed by atoms with Gasteiger partial charge in [0, 0.05) is 12.6 Å². The van der Waals surface area contributed by atoms with Crippen molar-refractivity contribution in [2.75, 3.05) is 5.32 Å². The maximum atomic E-state index is 12.5. The lowest BCUT2D eigenvalue weighted by molar-refractivity contribution is -0.141. The van der Waals surface area contributed by atoms with Gasteiger partial charge in [-0.15, -0.1) is 0 Å². The Morgan fingerprint density at radius 2 is 1.89 bits per heavy atom. The van der Waals surface area contributed by atoms with E-state index in [4.69, 9.17) is 0 Å². The highest BCUT2D eigenvalue weighted by atomic mass is 19.4. The lowest BCUT2D eigenvalue weighted by Gasteiger charge is -2.09. The van der Waals surface area contributed by atoms with E-state index in [1.807, 2.05) is 6.07 Å². The Balaban J connectivity index is 2.17. The third kappa shape index (κ3) is 3.57. The van der Waals surface area contributed by atoms with E-state index < -0.39 is 17.4 Å². The van der Waals surface area contributed by atoms with Gasteiger partial charge in [-0.3, -0.25) is 9.78 Å². The summed E-state index contributed by atoms with van der Waals surface area (Å²) >= 11 is 0. The minimum Gasteiger partial charge on any atom is -0.352 e. The summed E-state index contributed by atoms with van der Waals surface area (Å²) in [6.45, 7) is 0.269. The predicted octanol–water partition coefficient (Wildman–Crippen LogP) is 2.40. The van der Waals surface area contributed by atoms with Crippen molar-refractivity contribution in [3.63, 3.8) is 0 Å². The van der Waals surface area contributed by atoms with Crippen LogP contribution in [0, 0.1) is 0 Å². The van der Waals surface area contributed by atoms with Crippen LogP contribution in [0.2, 0.25) is 0 Å². The second-order valence-corrected chi connectivity index (χ2v) is 3.82. The Morgan fingerprint density at radius 1 is 1.21 bits per heavy atom. The van der Waals surface area contributed by atoms with Crippen molar-refractivity contribution >= 4 is 5.95 Å². The van der Waals surface area contributed by atoms with Gasteiger partial charge in [0.1, 0.15) is 0 Å². The maximum Gasteiger partial charge on any atom is 0.433 e. The van der Waals surface area contributed by atoms with Crippen LogP contribution in [0.25, 0.3) is 0 Å². The Morgan fingerprint density at radius 3 is 2.53 bits per heavy atom. The molecule has 4 nitrogen and oxygen atoms in total. The quantitative estimate of drug-likeness (QED) is 0.899. The molecule has 0 unspecified atom stereocenters. The smallest absolute Gasteiger partial charge is 0.352 e. The van der Waals surface area contributed by atoms with Crippen molar-refractivity contribution in [1.82, 2.24) is 9.97 Å². The van der Waals surface area contributed by atoms with Gasteiger partial charge in [0.2, 0.25) is 5.95 Å². The summed E-state index contributed by atoms with van der Waals surface area (Å²) in [5.41, 5.74) is -1.20. The van der Waals surface area contributed by atoms with Gasteiger partial charge < -0.3 is 5.32 Å². The van der Waals surface area contributed by atoms with Gasteiger partial charge in [0.25, 0.3) is 5.56 Å². The van der Waals surface area contributed by atoms with Crippen LogP contribution in [0.4, 0.5) is 19.1 Å². The largest absolute Gasteiger partial charge is 0.433 e. The van der Waals surface area contributed by atoms with E-state index in [0.717, 1.165) is 5.56 Å². The van der Waals surface area contributed by atoms with E-state index in [9.17, 15) is 18.0 Å². The molecule has 0 spiro atoms. The van der Waals surface area contributed by atoms with Crippen molar-refractivity contribution in [2.45, 2.75) is 12.7 Å². The van der Waals surface area contributed by atoms with E-state index in [1.165, 1.54) is 0 Å². The van der Waals surface area contributed by atoms with Crippen molar-refractivity contribution in [2.24, 2.45) is 0 Å². The fraction of sp³-hybridized carbons (Fsp3) is 0.167. The number of halogens is 3. The minimum absolute atomic E-state index is 0.205. The molecule has 19 heavy (non-hydrogen) atoms. The Labute approximate surface area is 106 Å².